The van der Waals surface area contributed by atoms with E-state index >= 15 is 0 Å². The summed E-state index contributed by atoms with van der Waals surface area (Å²) in [6.45, 7) is 9.44. The molecule has 3 aromatic rings. The molecular formula is C31H39N3O5S. The number of nitrogens with one attached hydrogen (secondary N) is 1. The average molecular weight is 566 g/mol. The van der Waals surface area contributed by atoms with Crippen molar-refractivity contribution in [1.29, 1.82) is 0 Å². The largest absolute Gasteiger partial charge is 0.497 e. The van der Waals surface area contributed by atoms with E-state index in [0.717, 1.165) is 33.0 Å². The van der Waals surface area contributed by atoms with E-state index in [1.54, 1.807) is 62.6 Å². The van der Waals surface area contributed by atoms with Gasteiger partial charge in [-0.05, 0) is 87.2 Å². The molecule has 2 amide bonds. The second kappa shape index (κ2) is 13.5. The molecule has 0 fully saturated rings. The van der Waals surface area contributed by atoms with Gasteiger partial charge in [-0.2, -0.15) is 0 Å². The van der Waals surface area contributed by atoms with Crippen LogP contribution in [0.4, 0.5) is 5.69 Å². The van der Waals surface area contributed by atoms with E-state index in [2.05, 4.69) is 5.32 Å². The summed E-state index contributed by atoms with van der Waals surface area (Å²) in [5, 5.41) is 2.85. The molecule has 0 unspecified atom stereocenters. The van der Waals surface area contributed by atoms with Crippen molar-refractivity contribution in [2.45, 2.75) is 58.5 Å². The van der Waals surface area contributed by atoms with Crippen LogP contribution in [0, 0.1) is 20.8 Å². The molecule has 0 bridgehead atoms. The Morgan fingerprint density at radius 1 is 0.925 bits per heavy atom. The summed E-state index contributed by atoms with van der Waals surface area (Å²) in [6.07, 6.45) is 0.750. The molecule has 214 valence electrons. The van der Waals surface area contributed by atoms with Gasteiger partial charge < -0.3 is 15.0 Å². The summed E-state index contributed by atoms with van der Waals surface area (Å²) >= 11 is 0. The van der Waals surface area contributed by atoms with Crippen LogP contribution in [0.1, 0.15) is 42.5 Å². The van der Waals surface area contributed by atoms with Crippen LogP contribution in [-0.4, -0.2) is 51.4 Å². The smallest absolute Gasteiger partial charge is 0.264 e. The normalized spacial score (nSPS) is 11.9. The average Bonchev–Trinajstić information content (AvgIpc) is 2.94. The second-order valence-corrected chi connectivity index (χ2v) is 11.8. The highest BCUT2D eigenvalue weighted by atomic mass is 32.2. The number of hydrogen-bond donors (Lipinski definition) is 1. The van der Waals surface area contributed by atoms with Crippen LogP contribution >= 0.6 is 0 Å². The lowest BCUT2D eigenvalue weighted by Crippen LogP contribution is -2.51. The van der Waals surface area contributed by atoms with Crippen molar-refractivity contribution in [2.24, 2.45) is 0 Å². The predicted molar refractivity (Wildman–Crippen MR) is 158 cm³/mol. The molecule has 0 aliphatic heterocycles. The fraction of sp³-hybridized carbons (Fsp3) is 0.355. The fourth-order valence-electron chi connectivity index (χ4n) is 4.15. The van der Waals surface area contributed by atoms with E-state index in [-0.39, 0.29) is 17.3 Å². The Bertz CT molecular complexity index is 1420. The summed E-state index contributed by atoms with van der Waals surface area (Å²) in [5.41, 5.74) is 3.99. The molecule has 3 rings (SSSR count). The van der Waals surface area contributed by atoms with Crippen LogP contribution in [0.15, 0.2) is 71.6 Å². The highest BCUT2D eigenvalue weighted by molar-refractivity contribution is 7.92. The van der Waals surface area contributed by atoms with Crippen molar-refractivity contribution >= 4 is 27.5 Å². The molecule has 0 aliphatic carbocycles. The first-order chi connectivity index (χ1) is 19.0. The molecule has 1 N–H and O–H groups in total. The van der Waals surface area contributed by atoms with Crippen molar-refractivity contribution < 1.29 is 22.7 Å². The number of ether oxygens (including phenoxy) is 1. The number of rotatable bonds is 12. The fourth-order valence-corrected chi connectivity index (χ4v) is 5.56. The number of carbonyl (C=O) groups excluding carboxylic acids is 2. The van der Waals surface area contributed by atoms with Crippen LogP contribution < -0.4 is 14.4 Å². The molecule has 9 heteroatoms. The summed E-state index contributed by atoms with van der Waals surface area (Å²) in [7, 11) is -2.53. The van der Waals surface area contributed by atoms with E-state index in [9.17, 15) is 18.0 Å². The number of sulfonamides is 1. The van der Waals surface area contributed by atoms with E-state index in [0.29, 0.717) is 18.0 Å². The van der Waals surface area contributed by atoms with Crippen molar-refractivity contribution in [2.75, 3.05) is 24.5 Å². The molecule has 0 heterocycles. The maximum absolute atomic E-state index is 14.0. The summed E-state index contributed by atoms with van der Waals surface area (Å²) < 4.78 is 34.2. The van der Waals surface area contributed by atoms with Crippen molar-refractivity contribution in [3.05, 3.63) is 89.0 Å². The van der Waals surface area contributed by atoms with Crippen molar-refractivity contribution in [3.8, 4) is 5.75 Å². The summed E-state index contributed by atoms with van der Waals surface area (Å²) in [4.78, 5) is 28.4. The zero-order valence-electron chi connectivity index (χ0n) is 24.1. The zero-order chi connectivity index (χ0) is 29.4. The zero-order valence-corrected chi connectivity index (χ0v) is 24.9. The number of methoxy groups -OCH3 is 1. The quantitative estimate of drug-likeness (QED) is 0.342. The minimum absolute atomic E-state index is 0.0829. The molecule has 0 aliphatic rings. The van der Waals surface area contributed by atoms with Gasteiger partial charge in [0.2, 0.25) is 11.8 Å². The Hall–Kier alpha value is -3.85. The van der Waals surface area contributed by atoms with E-state index in [4.69, 9.17) is 4.74 Å². The molecule has 3 aromatic carbocycles. The maximum atomic E-state index is 14.0. The van der Waals surface area contributed by atoms with Gasteiger partial charge in [0.15, 0.2) is 0 Å². The third-order valence-electron chi connectivity index (χ3n) is 6.89. The van der Waals surface area contributed by atoms with Crippen molar-refractivity contribution in [1.82, 2.24) is 10.2 Å². The Labute approximate surface area is 238 Å². The summed E-state index contributed by atoms with van der Waals surface area (Å²) in [6, 6.07) is 18.2. The number of nitrogens with zero attached hydrogens (tertiary/aromatic N) is 2. The molecule has 0 aromatic heterocycles. The second-order valence-electron chi connectivity index (χ2n) is 9.93. The molecule has 0 spiro atoms. The van der Waals surface area contributed by atoms with Crippen LogP contribution in [-0.2, 0) is 26.2 Å². The predicted octanol–water partition coefficient (Wildman–Crippen LogP) is 4.76. The minimum Gasteiger partial charge on any atom is -0.497 e. The van der Waals surface area contributed by atoms with Gasteiger partial charge in [-0.1, -0.05) is 42.8 Å². The lowest BCUT2D eigenvalue weighted by molar-refractivity contribution is -0.139. The Balaban J connectivity index is 2.03. The first-order valence-corrected chi connectivity index (χ1v) is 14.8. The topological polar surface area (TPSA) is 96.0 Å². The van der Waals surface area contributed by atoms with Gasteiger partial charge in [0, 0.05) is 13.1 Å². The number of benzene rings is 3. The highest BCUT2D eigenvalue weighted by Crippen LogP contribution is 2.27. The van der Waals surface area contributed by atoms with Crippen LogP contribution in [0.5, 0.6) is 5.75 Å². The van der Waals surface area contributed by atoms with E-state index < -0.39 is 28.5 Å². The van der Waals surface area contributed by atoms with Gasteiger partial charge in [-0.25, -0.2) is 8.42 Å². The molecule has 0 radical (unpaired) electrons. The molecule has 0 saturated heterocycles. The van der Waals surface area contributed by atoms with Gasteiger partial charge in [0.05, 0.1) is 17.7 Å². The van der Waals surface area contributed by atoms with E-state index in [1.165, 1.54) is 4.90 Å². The number of amides is 2. The molecule has 0 saturated carbocycles. The lowest BCUT2D eigenvalue weighted by atomic mass is 10.1. The van der Waals surface area contributed by atoms with E-state index in [1.807, 2.05) is 45.9 Å². The third kappa shape index (κ3) is 7.41. The van der Waals surface area contributed by atoms with Gasteiger partial charge in [0.1, 0.15) is 18.3 Å². The maximum Gasteiger partial charge on any atom is 0.264 e. The number of carbonyl (C=O) groups is 2. The first kappa shape index (κ1) is 30.7. The van der Waals surface area contributed by atoms with Gasteiger partial charge in [-0.15, -0.1) is 0 Å². The number of aryl methyl sites for hydroxylation is 3. The number of hydrogen-bond acceptors (Lipinski definition) is 5. The minimum atomic E-state index is -4.10. The Morgan fingerprint density at radius 2 is 1.57 bits per heavy atom. The lowest BCUT2D eigenvalue weighted by Gasteiger charge is -2.32. The molecular weight excluding hydrogens is 526 g/mol. The highest BCUT2D eigenvalue weighted by Gasteiger charge is 2.32. The molecule has 8 nitrogen and oxygen atoms in total. The monoisotopic (exact) mass is 565 g/mol. The van der Waals surface area contributed by atoms with Gasteiger partial charge in [0.25, 0.3) is 10.0 Å². The standard InChI is InChI=1S/C31H39N3O5S/c1-7-18-32-31(36)25(5)33(20-26-11-14-28(39-6)15-12-26)30(35)21-34(27-13-10-23(3)24(4)19-27)40(37,38)29-16-8-22(2)9-17-29/h8-17,19,25H,7,18,20-21H2,1-6H3,(H,32,36)/t25-/m0/s1. The Morgan fingerprint density at radius 3 is 2.15 bits per heavy atom. The van der Waals surface area contributed by atoms with Gasteiger partial charge in [-0.3, -0.25) is 13.9 Å². The molecule has 1 atom stereocenters. The molecule has 40 heavy (non-hydrogen) atoms. The summed E-state index contributed by atoms with van der Waals surface area (Å²) in [5.74, 6) is -0.132. The van der Waals surface area contributed by atoms with Crippen LogP contribution in [0.3, 0.4) is 0 Å². The van der Waals surface area contributed by atoms with Gasteiger partial charge >= 0.3 is 0 Å². The first-order valence-electron chi connectivity index (χ1n) is 13.3. The van der Waals surface area contributed by atoms with Crippen molar-refractivity contribution in [3.63, 3.8) is 0 Å². The van der Waals surface area contributed by atoms with Crippen LogP contribution in [0.25, 0.3) is 0 Å². The van der Waals surface area contributed by atoms with Crippen LogP contribution in [0.2, 0.25) is 0 Å². The number of anilines is 1. The Kier molecular flexibility index (Phi) is 10.3. The SMILES string of the molecule is CCCNC(=O)[C@H](C)N(Cc1ccc(OC)cc1)C(=O)CN(c1ccc(C)c(C)c1)S(=O)(=O)c1ccc(C)cc1. The third-order valence-corrected chi connectivity index (χ3v) is 8.68.